The van der Waals surface area contributed by atoms with Crippen LogP contribution in [0.1, 0.15) is 18.2 Å². The van der Waals surface area contributed by atoms with E-state index in [4.69, 9.17) is 16.0 Å². The number of nitriles is 1. The molecule has 0 aliphatic rings. The fourth-order valence-electron chi connectivity index (χ4n) is 1.89. The van der Waals surface area contributed by atoms with E-state index in [1.54, 1.807) is 31.2 Å². The minimum atomic E-state index is -0.980. The maximum absolute atomic E-state index is 13.9. The van der Waals surface area contributed by atoms with Crippen molar-refractivity contribution < 1.29 is 8.81 Å². The van der Waals surface area contributed by atoms with E-state index in [2.05, 4.69) is 6.07 Å². The molecule has 1 aromatic heterocycles. The summed E-state index contributed by atoms with van der Waals surface area (Å²) in [5.41, 5.74) is -0.655. The molecule has 0 N–H and O–H groups in total. The van der Waals surface area contributed by atoms with Gasteiger partial charge >= 0.3 is 0 Å². The number of furan rings is 1. The summed E-state index contributed by atoms with van der Waals surface area (Å²) in [5, 5.41) is 9.65. The van der Waals surface area contributed by atoms with Crippen LogP contribution in [0.5, 0.6) is 0 Å². The molecule has 1 atom stereocenters. The standard InChI is InChI=1S/C14H11ClFNO/c1-14(9-17,8-11-3-2-6-18-11)12-5-4-10(15)7-13(12)16/h2-7H,8H2,1H3. The Bertz CT molecular complexity index is 588. The molecule has 0 bridgehead atoms. The Morgan fingerprint density at radius 2 is 2.22 bits per heavy atom. The smallest absolute Gasteiger partial charge is 0.129 e. The van der Waals surface area contributed by atoms with Gasteiger partial charge in [-0.2, -0.15) is 5.26 Å². The average molecular weight is 264 g/mol. The Morgan fingerprint density at radius 1 is 1.44 bits per heavy atom. The van der Waals surface area contributed by atoms with E-state index < -0.39 is 11.2 Å². The van der Waals surface area contributed by atoms with Crippen LogP contribution in [0.3, 0.4) is 0 Å². The van der Waals surface area contributed by atoms with E-state index >= 15 is 0 Å². The van der Waals surface area contributed by atoms with Crippen molar-refractivity contribution in [3.63, 3.8) is 0 Å². The first kappa shape index (κ1) is 12.7. The van der Waals surface area contributed by atoms with Gasteiger partial charge in [0.2, 0.25) is 0 Å². The monoisotopic (exact) mass is 263 g/mol. The third kappa shape index (κ3) is 2.39. The minimum absolute atomic E-state index is 0.314. The second kappa shape index (κ2) is 4.83. The van der Waals surface area contributed by atoms with E-state index in [1.165, 1.54) is 12.3 Å². The second-order valence-electron chi connectivity index (χ2n) is 4.32. The number of rotatable bonds is 3. The summed E-state index contributed by atoms with van der Waals surface area (Å²) in [4.78, 5) is 0. The first-order valence-corrected chi connectivity index (χ1v) is 5.82. The molecule has 92 valence electrons. The summed E-state index contributed by atoms with van der Waals surface area (Å²) in [6, 6.07) is 10.0. The zero-order valence-electron chi connectivity index (χ0n) is 9.78. The summed E-state index contributed by atoms with van der Waals surface area (Å²) in [6.45, 7) is 1.68. The zero-order valence-corrected chi connectivity index (χ0v) is 10.5. The maximum atomic E-state index is 13.9. The zero-order chi connectivity index (χ0) is 13.2. The first-order valence-electron chi connectivity index (χ1n) is 5.44. The van der Waals surface area contributed by atoms with Gasteiger partial charge in [0.15, 0.2) is 0 Å². The maximum Gasteiger partial charge on any atom is 0.129 e. The molecular weight excluding hydrogens is 253 g/mol. The van der Waals surface area contributed by atoms with Crippen LogP contribution in [0.2, 0.25) is 5.02 Å². The Balaban J connectivity index is 2.41. The molecule has 0 saturated carbocycles. The van der Waals surface area contributed by atoms with Crippen LogP contribution < -0.4 is 0 Å². The normalized spacial score (nSPS) is 13.9. The molecule has 1 unspecified atom stereocenters. The first-order chi connectivity index (χ1) is 8.55. The number of hydrogen-bond donors (Lipinski definition) is 0. The molecule has 2 aromatic rings. The van der Waals surface area contributed by atoms with Gasteiger partial charge in [0.1, 0.15) is 11.6 Å². The Morgan fingerprint density at radius 3 is 2.78 bits per heavy atom. The quantitative estimate of drug-likeness (QED) is 0.836. The average Bonchev–Trinajstić information content (AvgIpc) is 2.81. The van der Waals surface area contributed by atoms with Gasteiger partial charge < -0.3 is 4.42 Å². The summed E-state index contributed by atoms with van der Waals surface area (Å²) in [5.74, 6) is 0.173. The molecule has 2 rings (SSSR count). The summed E-state index contributed by atoms with van der Waals surface area (Å²) < 4.78 is 19.1. The van der Waals surface area contributed by atoms with Crippen molar-refractivity contribution in [2.24, 2.45) is 0 Å². The van der Waals surface area contributed by atoms with Gasteiger partial charge in [-0.05, 0) is 31.2 Å². The molecule has 0 spiro atoms. The molecule has 1 aromatic carbocycles. The van der Waals surface area contributed by atoms with Crippen molar-refractivity contribution in [3.8, 4) is 6.07 Å². The molecule has 1 heterocycles. The molecule has 0 fully saturated rings. The summed E-state index contributed by atoms with van der Waals surface area (Å²) in [7, 11) is 0. The van der Waals surface area contributed by atoms with Gasteiger partial charge in [-0.15, -0.1) is 0 Å². The molecule has 0 aliphatic heterocycles. The van der Waals surface area contributed by atoms with Crippen molar-refractivity contribution in [1.29, 1.82) is 5.26 Å². The van der Waals surface area contributed by atoms with Gasteiger partial charge in [-0.25, -0.2) is 4.39 Å². The number of nitrogens with zero attached hydrogens (tertiary/aromatic N) is 1. The SMILES string of the molecule is CC(C#N)(Cc1ccco1)c1ccc(Cl)cc1F. The van der Waals surface area contributed by atoms with E-state index in [-0.39, 0.29) is 0 Å². The predicted octanol–water partition coefficient (Wildman–Crippen LogP) is 4.10. The van der Waals surface area contributed by atoms with Gasteiger partial charge in [-0.1, -0.05) is 17.7 Å². The summed E-state index contributed by atoms with van der Waals surface area (Å²) >= 11 is 5.71. The van der Waals surface area contributed by atoms with Crippen LogP contribution in [-0.4, -0.2) is 0 Å². The molecule has 2 nitrogen and oxygen atoms in total. The number of halogens is 2. The van der Waals surface area contributed by atoms with Crippen molar-refractivity contribution in [1.82, 2.24) is 0 Å². The Kier molecular flexibility index (Phi) is 3.40. The van der Waals surface area contributed by atoms with Gasteiger partial charge in [0, 0.05) is 17.0 Å². The molecule has 0 saturated heterocycles. The van der Waals surface area contributed by atoms with Crippen molar-refractivity contribution in [3.05, 3.63) is 58.8 Å². The Labute approximate surface area is 110 Å². The van der Waals surface area contributed by atoms with E-state index in [0.717, 1.165) is 0 Å². The van der Waals surface area contributed by atoms with Crippen LogP contribution >= 0.6 is 11.6 Å². The third-order valence-corrected chi connectivity index (χ3v) is 3.12. The van der Waals surface area contributed by atoms with Crippen LogP contribution in [0.4, 0.5) is 4.39 Å². The highest BCUT2D eigenvalue weighted by atomic mass is 35.5. The lowest BCUT2D eigenvalue weighted by Gasteiger charge is -2.21. The van der Waals surface area contributed by atoms with E-state index in [1.807, 2.05) is 0 Å². The largest absolute Gasteiger partial charge is 0.469 e. The molecule has 0 radical (unpaired) electrons. The molecule has 4 heteroatoms. The number of benzene rings is 1. The van der Waals surface area contributed by atoms with Crippen LogP contribution in [0.15, 0.2) is 41.0 Å². The van der Waals surface area contributed by atoms with E-state index in [0.29, 0.717) is 22.8 Å². The fraction of sp³-hybridized carbons (Fsp3) is 0.214. The van der Waals surface area contributed by atoms with Gasteiger partial charge in [0.25, 0.3) is 0 Å². The molecule has 18 heavy (non-hydrogen) atoms. The summed E-state index contributed by atoms with van der Waals surface area (Å²) in [6.07, 6.45) is 1.85. The second-order valence-corrected chi connectivity index (χ2v) is 4.76. The van der Waals surface area contributed by atoms with Gasteiger partial charge in [-0.3, -0.25) is 0 Å². The van der Waals surface area contributed by atoms with E-state index in [9.17, 15) is 9.65 Å². The van der Waals surface area contributed by atoms with Gasteiger partial charge in [0.05, 0.1) is 17.7 Å². The molecule has 0 aliphatic carbocycles. The Hall–Kier alpha value is -1.79. The fourth-order valence-corrected chi connectivity index (χ4v) is 2.05. The van der Waals surface area contributed by atoms with Crippen molar-refractivity contribution in [2.45, 2.75) is 18.8 Å². The molecular formula is C14H11ClFNO. The molecule has 0 amide bonds. The lowest BCUT2D eigenvalue weighted by atomic mass is 9.80. The highest BCUT2D eigenvalue weighted by Gasteiger charge is 2.31. The van der Waals surface area contributed by atoms with Crippen molar-refractivity contribution in [2.75, 3.05) is 0 Å². The van der Waals surface area contributed by atoms with Crippen molar-refractivity contribution >= 4 is 11.6 Å². The van der Waals surface area contributed by atoms with Crippen LogP contribution in [0, 0.1) is 17.1 Å². The van der Waals surface area contributed by atoms with Crippen LogP contribution in [0.25, 0.3) is 0 Å². The highest BCUT2D eigenvalue weighted by molar-refractivity contribution is 6.30. The van der Waals surface area contributed by atoms with Crippen LogP contribution in [-0.2, 0) is 11.8 Å². The lowest BCUT2D eigenvalue weighted by Crippen LogP contribution is -2.24. The predicted molar refractivity (Wildman–Crippen MR) is 66.8 cm³/mol. The third-order valence-electron chi connectivity index (χ3n) is 2.88. The highest BCUT2D eigenvalue weighted by Crippen LogP contribution is 2.31. The number of hydrogen-bond acceptors (Lipinski definition) is 2. The minimum Gasteiger partial charge on any atom is -0.469 e. The topological polar surface area (TPSA) is 36.9 Å². The lowest BCUT2D eigenvalue weighted by molar-refractivity contribution is 0.451.